The smallest absolute Gasteiger partial charge is 0.311 e. The van der Waals surface area contributed by atoms with Gasteiger partial charge in [0.05, 0.1) is 79.0 Å². The average Bonchev–Trinajstić information content (AvgIpc) is 3.18. The number of carbonyl (C=O) groups is 2. The second-order valence-corrected chi connectivity index (χ2v) is 18.2. The van der Waals surface area contributed by atoms with Gasteiger partial charge in [-0.05, 0) is 74.9 Å². The van der Waals surface area contributed by atoms with Crippen LogP contribution in [0, 0.1) is 23.7 Å². The van der Waals surface area contributed by atoms with Crippen molar-refractivity contribution in [3.05, 3.63) is 0 Å². The Kier molecular flexibility index (Phi) is 17.8. The van der Waals surface area contributed by atoms with Gasteiger partial charge in [0.2, 0.25) is 6.79 Å². The highest BCUT2D eigenvalue weighted by Crippen LogP contribution is 2.42. The number of methoxy groups -OCH3 is 2. The van der Waals surface area contributed by atoms with Crippen LogP contribution in [0.4, 0.5) is 0 Å². The van der Waals surface area contributed by atoms with Crippen LogP contribution in [0.1, 0.15) is 94.4 Å². The summed E-state index contributed by atoms with van der Waals surface area (Å²) in [6.07, 6.45) is -10.1. The molecule has 0 spiro atoms. The van der Waals surface area contributed by atoms with Gasteiger partial charge in [0.25, 0.3) is 0 Å². The molecule has 0 radical (unpaired) electrons. The van der Waals surface area contributed by atoms with Crippen LogP contribution in [0.5, 0.6) is 0 Å². The normalized spacial score (nSPS) is 45.7. The molecular weight excluding hydrogens is 788 g/mol. The Morgan fingerprint density at radius 2 is 1.58 bits per heavy atom. The summed E-state index contributed by atoms with van der Waals surface area (Å²) < 4.78 is 54.8. The number of hydrogen-bond acceptors (Lipinski definition) is 18. The molecular formula is C42H74N2O16. The molecule has 0 unspecified atom stereocenters. The van der Waals surface area contributed by atoms with E-state index in [0.717, 1.165) is 0 Å². The number of aliphatic hydroxyl groups excluding tert-OH is 2. The highest BCUT2D eigenvalue weighted by atomic mass is 16.7. The minimum absolute atomic E-state index is 0.0845. The number of fused-ring (bicyclic) bond motifs is 4. The van der Waals surface area contributed by atoms with Crippen LogP contribution in [0.2, 0.25) is 0 Å². The zero-order valence-corrected chi connectivity index (χ0v) is 37.9. The second-order valence-electron chi connectivity index (χ2n) is 18.2. The van der Waals surface area contributed by atoms with Gasteiger partial charge in [-0.1, -0.05) is 25.9 Å². The van der Waals surface area contributed by atoms with Crippen LogP contribution >= 0.6 is 0 Å². The van der Waals surface area contributed by atoms with Gasteiger partial charge in [0.1, 0.15) is 17.8 Å². The Bertz CT molecular complexity index is 1430. The molecule has 348 valence electrons. The molecule has 4 heterocycles. The minimum Gasteiger partial charge on any atom is -0.459 e. The zero-order chi connectivity index (χ0) is 44.9. The summed E-state index contributed by atoms with van der Waals surface area (Å²) in [4.78, 5) is 36.1. The van der Waals surface area contributed by atoms with E-state index in [2.05, 4.69) is 5.16 Å². The molecule has 4 aliphatic rings. The first kappa shape index (κ1) is 50.6. The van der Waals surface area contributed by atoms with Crippen LogP contribution in [0.3, 0.4) is 0 Å². The van der Waals surface area contributed by atoms with Gasteiger partial charge in [-0.2, -0.15) is 0 Å². The van der Waals surface area contributed by atoms with E-state index >= 15 is 0 Å². The fraction of sp³-hybridized carbons (Fsp3) is 0.929. The van der Waals surface area contributed by atoms with Crippen molar-refractivity contribution in [1.82, 2.24) is 4.90 Å². The topological polar surface area (TPSA) is 223 Å². The lowest BCUT2D eigenvalue weighted by molar-refractivity contribution is -0.320. The van der Waals surface area contributed by atoms with Crippen molar-refractivity contribution < 1.29 is 77.5 Å². The van der Waals surface area contributed by atoms with Crippen LogP contribution in [0.25, 0.3) is 0 Å². The van der Waals surface area contributed by atoms with Crippen molar-refractivity contribution in [2.45, 2.75) is 179 Å². The predicted molar refractivity (Wildman–Crippen MR) is 215 cm³/mol. The summed E-state index contributed by atoms with van der Waals surface area (Å²) in [5.41, 5.74) is -4.85. The van der Waals surface area contributed by atoms with Crippen LogP contribution in [-0.2, 0) is 57.1 Å². The Morgan fingerprint density at radius 1 is 0.900 bits per heavy atom. The average molecular weight is 863 g/mol. The van der Waals surface area contributed by atoms with Crippen LogP contribution in [-0.4, -0.2) is 176 Å². The molecule has 4 aliphatic heterocycles. The number of cyclic esters (lactones) is 1. The number of esters is 2. The highest BCUT2D eigenvalue weighted by molar-refractivity contribution is 5.92. The first-order chi connectivity index (χ1) is 28.0. The summed E-state index contributed by atoms with van der Waals surface area (Å²) in [6.45, 7) is 15.2. The largest absolute Gasteiger partial charge is 0.459 e. The molecule has 0 aromatic heterocycles. The summed E-state index contributed by atoms with van der Waals surface area (Å²) >= 11 is 0. The van der Waals surface area contributed by atoms with Crippen molar-refractivity contribution in [2.75, 3.05) is 48.3 Å². The van der Waals surface area contributed by atoms with Crippen molar-refractivity contribution >= 4 is 17.7 Å². The van der Waals surface area contributed by atoms with E-state index in [-0.39, 0.29) is 56.9 Å². The molecule has 0 amide bonds. The first-order valence-corrected chi connectivity index (χ1v) is 21.3. The molecule has 0 saturated carbocycles. The Morgan fingerprint density at radius 3 is 2.20 bits per heavy atom. The third kappa shape index (κ3) is 11.5. The van der Waals surface area contributed by atoms with E-state index in [1.165, 1.54) is 21.1 Å². The number of oxime groups is 1. The van der Waals surface area contributed by atoms with Crippen molar-refractivity contribution in [1.29, 1.82) is 0 Å². The van der Waals surface area contributed by atoms with Crippen molar-refractivity contribution in [3.8, 4) is 0 Å². The second kappa shape index (κ2) is 21.1. The number of nitrogens with zero attached hydrogens (tertiary/aromatic N) is 2. The number of aliphatic hydroxyl groups is 4. The molecule has 2 bridgehead atoms. The summed E-state index contributed by atoms with van der Waals surface area (Å²) in [6, 6.07) is -0.356. The van der Waals surface area contributed by atoms with Gasteiger partial charge in [0, 0.05) is 38.4 Å². The molecule has 0 aliphatic carbocycles. The number of carbonyl (C=O) groups excluding carboxylic acids is 2. The molecule has 0 aromatic carbocycles. The van der Waals surface area contributed by atoms with Gasteiger partial charge in [-0.25, -0.2) is 0 Å². The molecule has 18 heteroatoms. The Labute approximate surface area is 355 Å². The van der Waals surface area contributed by atoms with E-state index < -0.39 is 108 Å². The van der Waals surface area contributed by atoms with E-state index in [9.17, 15) is 30.0 Å². The van der Waals surface area contributed by atoms with Gasteiger partial charge in [-0.3, -0.25) is 9.59 Å². The van der Waals surface area contributed by atoms with Crippen molar-refractivity contribution in [3.63, 3.8) is 0 Å². The van der Waals surface area contributed by atoms with E-state index in [0.29, 0.717) is 13.0 Å². The fourth-order valence-electron chi connectivity index (χ4n) is 9.41. The molecule has 4 fully saturated rings. The maximum absolute atomic E-state index is 14.4. The lowest BCUT2D eigenvalue weighted by atomic mass is 9.72. The molecule has 18 atom stereocenters. The lowest BCUT2D eigenvalue weighted by Gasteiger charge is -2.50. The minimum atomic E-state index is -2.06. The van der Waals surface area contributed by atoms with Gasteiger partial charge in [-0.15, -0.1) is 0 Å². The standard InChI is InChI=1S/C42H74N2O16/c1-14-29-42(9,50)35(46)23(3)32(43-54-21-53-16-15-51-12)27-18-30(45)58-34-28(44(10)11)17-22(2)55-39(34)60-37(40(7,49)19-27)24(4)33(25(5)38(48)57-29)59-31-20-41(8,52-13)36(47)26(6)56-31/h22-29,31,33-37,39,46-47,49-50H,14-21H2,1-13H3/b43-32-/t22-,23+,24+,25-,26+,27-,28+,29-,31+,33+,34-,35-,36+,37-,39+,40-,41-,42-/m1/s1. The molecule has 60 heavy (non-hydrogen) atoms. The monoisotopic (exact) mass is 863 g/mol. The third-order valence-corrected chi connectivity index (χ3v) is 13.1. The van der Waals surface area contributed by atoms with Gasteiger partial charge < -0.3 is 72.8 Å². The maximum atomic E-state index is 14.4. The number of hydrogen-bond donors (Lipinski definition) is 4. The van der Waals surface area contributed by atoms with Gasteiger partial charge in [0.15, 0.2) is 18.7 Å². The summed E-state index contributed by atoms with van der Waals surface area (Å²) in [7, 11) is 6.75. The maximum Gasteiger partial charge on any atom is 0.311 e. The van der Waals surface area contributed by atoms with Crippen molar-refractivity contribution in [2.24, 2.45) is 28.8 Å². The Hall–Kier alpha value is -2.07. The predicted octanol–water partition coefficient (Wildman–Crippen LogP) is 2.14. The van der Waals surface area contributed by atoms with E-state index in [1.54, 1.807) is 48.5 Å². The number of rotatable bonds is 11. The molecule has 18 nitrogen and oxygen atoms in total. The van der Waals surface area contributed by atoms with E-state index in [4.69, 9.17) is 47.5 Å². The highest BCUT2D eigenvalue weighted by Gasteiger charge is 2.55. The fourth-order valence-corrected chi connectivity index (χ4v) is 9.41. The molecule has 4 saturated heterocycles. The summed E-state index contributed by atoms with van der Waals surface area (Å²) in [5, 5.41) is 52.5. The quantitative estimate of drug-likeness (QED) is 0.101. The number of ether oxygens (including phenoxy) is 9. The molecule has 0 aromatic rings. The van der Waals surface area contributed by atoms with Crippen LogP contribution in [0.15, 0.2) is 5.16 Å². The third-order valence-electron chi connectivity index (χ3n) is 13.1. The molecule has 4 rings (SSSR count). The van der Waals surface area contributed by atoms with Crippen LogP contribution < -0.4 is 0 Å². The lowest BCUT2D eigenvalue weighted by Crippen LogP contribution is -2.62. The zero-order valence-electron chi connectivity index (χ0n) is 37.9. The first-order valence-electron chi connectivity index (χ1n) is 21.3. The van der Waals surface area contributed by atoms with Gasteiger partial charge >= 0.3 is 11.9 Å². The number of likely N-dealkylation sites (N-methyl/N-ethyl adjacent to an activating group) is 1. The Balaban J connectivity index is 1.94. The summed E-state index contributed by atoms with van der Waals surface area (Å²) in [5.74, 6) is -5.31. The molecule has 4 N–H and O–H groups in total. The van der Waals surface area contributed by atoms with E-state index in [1.807, 2.05) is 25.9 Å². The SMILES string of the molecule is CC[C@H]1OC(=O)[C@H](C)[C@@H](O[C@H]2C[C@@](C)(OC)[C@@H](O)[C@H](C)O2)[C@H](C)[C@H]2O[C@@H]3O[C@H](C)C[C@H](N(C)C)[C@H]3OC(=O)C[C@H](C[C@@]2(C)O)/C(=N\OCOCCOC)[C@H](C)[C@@H](O)[C@]1(C)O.